The van der Waals surface area contributed by atoms with E-state index in [9.17, 15) is 9.50 Å². The van der Waals surface area contributed by atoms with Crippen LogP contribution in [0.2, 0.25) is 0 Å². The summed E-state index contributed by atoms with van der Waals surface area (Å²) >= 11 is 0. The molecule has 0 atom stereocenters. The van der Waals surface area contributed by atoms with Crippen LogP contribution < -0.4 is 0 Å². The highest BCUT2D eigenvalue weighted by Crippen LogP contribution is 2.30. The number of halogens is 1. The zero-order valence-electron chi connectivity index (χ0n) is 11.8. The standard InChI is InChI=1S/C17H15FN2O/c1-11-7-8-17(21)13(9-11)15-10-12(2)20(19-15)16-6-4-3-5-14(16)18/h3-10,21H,1-2H3. The molecule has 0 aliphatic carbocycles. The molecule has 3 aromatic rings. The van der Waals surface area contributed by atoms with Crippen molar-refractivity contribution in [1.82, 2.24) is 9.78 Å². The number of aromatic hydroxyl groups is 1. The van der Waals surface area contributed by atoms with Crippen molar-refractivity contribution in [2.45, 2.75) is 13.8 Å². The molecule has 0 bridgehead atoms. The Balaban J connectivity index is 2.14. The molecule has 0 fully saturated rings. The first-order chi connectivity index (χ1) is 10.1. The van der Waals surface area contributed by atoms with Crippen molar-refractivity contribution in [3.63, 3.8) is 0 Å². The van der Waals surface area contributed by atoms with Gasteiger partial charge in [-0.3, -0.25) is 0 Å². The van der Waals surface area contributed by atoms with Gasteiger partial charge in [0.2, 0.25) is 0 Å². The van der Waals surface area contributed by atoms with Gasteiger partial charge in [-0.2, -0.15) is 5.10 Å². The third-order valence-electron chi connectivity index (χ3n) is 3.40. The molecule has 2 aromatic carbocycles. The van der Waals surface area contributed by atoms with Gasteiger partial charge in [0.1, 0.15) is 17.3 Å². The Bertz CT molecular complexity index is 808. The smallest absolute Gasteiger partial charge is 0.148 e. The van der Waals surface area contributed by atoms with Gasteiger partial charge in [0, 0.05) is 11.3 Å². The first-order valence-electron chi connectivity index (χ1n) is 6.68. The van der Waals surface area contributed by atoms with Gasteiger partial charge in [-0.25, -0.2) is 9.07 Å². The van der Waals surface area contributed by atoms with Crippen molar-refractivity contribution >= 4 is 0 Å². The second kappa shape index (κ2) is 5.05. The lowest BCUT2D eigenvalue weighted by Crippen LogP contribution is -2.01. The third-order valence-corrected chi connectivity index (χ3v) is 3.40. The van der Waals surface area contributed by atoms with Crippen LogP contribution in [0.1, 0.15) is 11.3 Å². The average molecular weight is 282 g/mol. The zero-order chi connectivity index (χ0) is 15.0. The summed E-state index contributed by atoms with van der Waals surface area (Å²) < 4.78 is 15.4. The van der Waals surface area contributed by atoms with E-state index in [2.05, 4.69) is 5.10 Å². The quantitative estimate of drug-likeness (QED) is 0.771. The average Bonchev–Trinajstić information content (AvgIpc) is 2.84. The summed E-state index contributed by atoms with van der Waals surface area (Å²) in [6.45, 7) is 3.81. The Morgan fingerprint density at radius 3 is 2.57 bits per heavy atom. The van der Waals surface area contributed by atoms with Crippen molar-refractivity contribution < 1.29 is 9.50 Å². The minimum absolute atomic E-state index is 0.166. The summed E-state index contributed by atoms with van der Waals surface area (Å²) in [7, 11) is 0. The molecule has 1 aromatic heterocycles. The third kappa shape index (κ3) is 2.40. The molecule has 0 radical (unpaired) electrons. The first-order valence-corrected chi connectivity index (χ1v) is 6.68. The number of aryl methyl sites for hydroxylation is 2. The molecule has 0 saturated carbocycles. The van der Waals surface area contributed by atoms with Crippen LogP contribution in [0, 0.1) is 19.7 Å². The largest absolute Gasteiger partial charge is 0.507 e. The molecule has 1 heterocycles. The minimum atomic E-state index is -0.330. The van der Waals surface area contributed by atoms with Crippen molar-refractivity contribution in [2.75, 3.05) is 0 Å². The van der Waals surface area contributed by atoms with Gasteiger partial charge in [0.05, 0.1) is 5.69 Å². The fourth-order valence-corrected chi connectivity index (χ4v) is 2.33. The molecule has 0 amide bonds. The number of rotatable bonds is 2. The van der Waals surface area contributed by atoms with Crippen LogP contribution >= 0.6 is 0 Å². The summed E-state index contributed by atoms with van der Waals surface area (Å²) in [5.74, 6) is -0.164. The van der Waals surface area contributed by atoms with Crippen LogP contribution in [0.5, 0.6) is 5.75 Å². The number of hydrogen-bond donors (Lipinski definition) is 1. The van der Waals surface area contributed by atoms with E-state index in [1.54, 1.807) is 28.9 Å². The lowest BCUT2D eigenvalue weighted by Gasteiger charge is -2.05. The Morgan fingerprint density at radius 1 is 1.05 bits per heavy atom. The van der Waals surface area contributed by atoms with Crippen molar-refractivity contribution in [3.05, 3.63) is 65.6 Å². The van der Waals surface area contributed by atoms with Crippen LogP contribution in [0.4, 0.5) is 4.39 Å². The molecule has 1 N–H and O–H groups in total. The maximum atomic E-state index is 13.9. The van der Waals surface area contributed by atoms with Gasteiger partial charge in [-0.05, 0) is 44.2 Å². The molecule has 3 nitrogen and oxygen atoms in total. The van der Waals surface area contributed by atoms with Crippen LogP contribution in [-0.2, 0) is 0 Å². The van der Waals surface area contributed by atoms with E-state index < -0.39 is 0 Å². The van der Waals surface area contributed by atoms with Gasteiger partial charge in [-0.15, -0.1) is 0 Å². The van der Waals surface area contributed by atoms with Gasteiger partial charge in [-0.1, -0.05) is 23.8 Å². The highest BCUT2D eigenvalue weighted by atomic mass is 19.1. The highest BCUT2D eigenvalue weighted by Gasteiger charge is 2.13. The maximum Gasteiger partial charge on any atom is 0.148 e. The molecule has 0 aliphatic rings. The lowest BCUT2D eigenvalue weighted by atomic mass is 10.1. The summed E-state index contributed by atoms with van der Waals surface area (Å²) in [6, 6.07) is 13.7. The lowest BCUT2D eigenvalue weighted by molar-refractivity contribution is 0.477. The summed E-state index contributed by atoms with van der Waals surface area (Å²) in [5.41, 5.74) is 3.50. The number of aromatic nitrogens is 2. The number of phenols is 1. The van der Waals surface area contributed by atoms with Gasteiger partial charge in [0.25, 0.3) is 0 Å². The fourth-order valence-electron chi connectivity index (χ4n) is 2.33. The van der Waals surface area contributed by atoms with E-state index in [1.807, 2.05) is 32.0 Å². The summed E-state index contributed by atoms with van der Waals surface area (Å²) in [5, 5.41) is 14.4. The first kappa shape index (κ1) is 13.4. The van der Waals surface area contributed by atoms with Crippen molar-refractivity contribution in [1.29, 1.82) is 0 Å². The highest BCUT2D eigenvalue weighted by molar-refractivity contribution is 5.68. The van der Waals surface area contributed by atoms with E-state index >= 15 is 0 Å². The van der Waals surface area contributed by atoms with Gasteiger partial charge >= 0.3 is 0 Å². The SMILES string of the molecule is Cc1ccc(O)c(-c2cc(C)n(-c3ccccc3F)n2)c1. The Kier molecular flexibility index (Phi) is 3.22. The maximum absolute atomic E-state index is 13.9. The topological polar surface area (TPSA) is 38.0 Å². The Morgan fingerprint density at radius 2 is 1.81 bits per heavy atom. The van der Waals surface area contributed by atoms with E-state index in [0.29, 0.717) is 16.9 Å². The molecular formula is C17H15FN2O. The number of phenolic OH excluding ortho intramolecular Hbond substituents is 1. The van der Waals surface area contributed by atoms with E-state index in [4.69, 9.17) is 0 Å². The molecule has 0 spiro atoms. The Labute approximate surface area is 122 Å². The second-order valence-electron chi connectivity index (χ2n) is 5.05. The predicted molar refractivity (Wildman–Crippen MR) is 80.1 cm³/mol. The Hall–Kier alpha value is -2.62. The van der Waals surface area contributed by atoms with E-state index in [-0.39, 0.29) is 11.6 Å². The molecule has 106 valence electrons. The zero-order valence-corrected chi connectivity index (χ0v) is 11.8. The number of benzene rings is 2. The van der Waals surface area contributed by atoms with Crippen LogP contribution in [0.15, 0.2) is 48.5 Å². The van der Waals surface area contributed by atoms with E-state index in [1.165, 1.54) is 6.07 Å². The normalized spacial score (nSPS) is 10.8. The van der Waals surface area contributed by atoms with Gasteiger partial charge < -0.3 is 5.11 Å². The molecule has 0 unspecified atom stereocenters. The monoisotopic (exact) mass is 282 g/mol. The number of hydrogen-bond acceptors (Lipinski definition) is 2. The number of nitrogens with zero attached hydrogens (tertiary/aromatic N) is 2. The fraction of sp³-hybridized carbons (Fsp3) is 0.118. The second-order valence-corrected chi connectivity index (χ2v) is 5.05. The molecule has 0 saturated heterocycles. The van der Waals surface area contributed by atoms with Gasteiger partial charge in [0.15, 0.2) is 0 Å². The van der Waals surface area contributed by atoms with Crippen LogP contribution in [0.3, 0.4) is 0 Å². The summed E-state index contributed by atoms with van der Waals surface area (Å²) in [6.07, 6.45) is 0. The van der Waals surface area contributed by atoms with Crippen LogP contribution in [0.25, 0.3) is 16.9 Å². The number of para-hydroxylation sites is 1. The molecule has 3 rings (SSSR count). The van der Waals surface area contributed by atoms with Crippen LogP contribution in [-0.4, -0.2) is 14.9 Å². The summed E-state index contributed by atoms with van der Waals surface area (Å²) in [4.78, 5) is 0. The van der Waals surface area contributed by atoms with E-state index in [0.717, 1.165) is 11.3 Å². The minimum Gasteiger partial charge on any atom is -0.507 e. The molecule has 0 aliphatic heterocycles. The molecule has 21 heavy (non-hydrogen) atoms. The van der Waals surface area contributed by atoms with Crippen molar-refractivity contribution in [3.8, 4) is 22.7 Å². The molecule has 4 heteroatoms. The predicted octanol–water partition coefficient (Wildman–Crippen LogP) is 4.00. The molecular weight excluding hydrogens is 267 g/mol. The van der Waals surface area contributed by atoms with Crippen molar-refractivity contribution in [2.24, 2.45) is 0 Å².